The summed E-state index contributed by atoms with van der Waals surface area (Å²) in [5.74, 6) is 3.20. The van der Waals surface area contributed by atoms with Gasteiger partial charge in [-0.05, 0) is 42.8 Å². The maximum Gasteiger partial charge on any atom is 0.181 e. The zero-order valence-corrected chi connectivity index (χ0v) is 16.1. The fourth-order valence-corrected chi connectivity index (χ4v) is 3.02. The molecule has 6 heteroatoms. The molecule has 0 aromatic heterocycles. The third-order valence-corrected chi connectivity index (χ3v) is 4.11. The number of nitriles is 1. The highest BCUT2D eigenvalue weighted by Crippen LogP contribution is 2.38. The summed E-state index contributed by atoms with van der Waals surface area (Å²) in [5, 5.41) is 10.7. The van der Waals surface area contributed by atoms with Crippen molar-refractivity contribution in [1.29, 1.82) is 5.26 Å². The van der Waals surface area contributed by atoms with Gasteiger partial charge in [-0.2, -0.15) is 5.26 Å². The molecule has 0 bridgehead atoms. The van der Waals surface area contributed by atoms with Crippen molar-refractivity contribution in [2.75, 3.05) is 13.2 Å². The molecule has 0 saturated heterocycles. The monoisotopic (exact) mass is 405 g/mol. The Bertz CT molecular complexity index is 924. The second-order valence-electron chi connectivity index (χ2n) is 5.05. The summed E-state index contributed by atoms with van der Waals surface area (Å²) in [4.78, 5) is 0. The van der Waals surface area contributed by atoms with Gasteiger partial charge in [0.15, 0.2) is 11.5 Å². The highest BCUT2D eigenvalue weighted by molar-refractivity contribution is 6.36. The van der Waals surface area contributed by atoms with Gasteiger partial charge >= 0.3 is 0 Å². The molecule has 0 unspecified atom stereocenters. The Kier molecular flexibility index (Phi) is 7.25. The van der Waals surface area contributed by atoms with Gasteiger partial charge in [-0.1, -0.05) is 46.8 Å². The SMILES string of the molecule is C#CCOc1c(Cl)cc(/C=C(\C#N)c2ccc(Cl)cc2Cl)cc1OCC. The first-order valence-electron chi connectivity index (χ1n) is 7.60. The van der Waals surface area contributed by atoms with E-state index in [-0.39, 0.29) is 6.61 Å². The van der Waals surface area contributed by atoms with Crippen LogP contribution in [0.25, 0.3) is 11.6 Å². The van der Waals surface area contributed by atoms with Crippen LogP contribution < -0.4 is 9.47 Å². The highest BCUT2D eigenvalue weighted by atomic mass is 35.5. The molecular weight excluding hydrogens is 393 g/mol. The molecular formula is C20H14Cl3NO2. The van der Waals surface area contributed by atoms with E-state index in [0.29, 0.717) is 49.9 Å². The van der Waals surface area contributed by atoms with Gasteiger partial charge in [0.25, 0.3) is 0 Å². The molecule has 0 amide bonds. The fourth-order valence-electron chi connectivity index (χ4n) is 2.23. The molecule has 0 N–H and O–H groups in total. The summed E-state index contributed by atoms with van der Waals surface area (Å²) in [6, 6.07) is 10.5. The molecule has 0 heterocycles. The number of hydrogen-bond acceptors (Lipinski definition) is 3. The van der Waals surface area contributed by atoms with Gasteiger partial charge in [-0.15, -0.1) is 6.42 Å². The molecule has 0 atom stereocenters. The van der Waals surface area contributed by atoms with E-state index in [2.05, 4.69) is 12.0 Å². The van der Waals surface area contributed by atoms with Gasteiger partial charge in [0, 0.05) is 10.6 Å². The first kappa shape index (κ1) is 20.0. The third kappa shape index (κ3) is 4.87. The molecule has 0 saturated carbocycles. The zero-order valence-electron chi connectivity index (χ0n) is 13.9. The first-order chi connectivity index (χ1) is 12.5. The predicted octanol–water partition coefficient (Wildman–Crippen LogP) is 6.12. The molecule has 2 rings (SSSR count). The lowest BCUT2D eigenvalue weighted by Crippen LogP contribution is -2.00. The van der Waals surface area contributed by atoms with E-state index in [0.717, 1.165) is 0 Å². The average molecular weight is 407 g/mol. The number of halogens is 3. The molecule has 26 heavy (non-hydrogen) atoms. The van der Waals surface area contributed by atoms with Crippen LogP contribution in [0.2, 0.25) is 15.1 Å². The fraction of sp³-hybridized carbons (Fsp3) is 0.150. The van der Waals surface area contributed by atoms with Gasteiger partial charge in [-0.25, -0.2) is 0 Å². The second-order valence-corrected chi connectivity index (χ2v) is 6.30. The largest absolute Gasteiger partial charge is 0.490 e. The van der Waals surface area contributed by atoms with Crippen molar-refractivity contribution in [3.63, 3.8) is 0 Å². The van der Waals surface area contributed by atoms with E-state index in [1.54, 1.807) is 36.4 Å². The normalized spacial score (nSPS) is 10.8. The second kappa shape index (κ2) is 9.41. The van der Waals surface area contributed by atoms with E-state index in [9.17, 15) is 5.26 Å². The van der Waals surface area contributed by atoms with Crippen LogP contribution in [0.15, 0.2) is 30.3 Å². The molecule has 3 nitrogen and oxygen atoms in total. The van der Waals surface area contributed by atoms with Crippen molar-refractivity contribution in [3.8, 4) is 29.9 Å². The van der Waals surface area contributed by atoms with Crippen molar-refractivity contribution in [1.82, 2.24) is 0 Å². The Hall–Kier alpha value is -2.30. The molecule has 0 spiro atoms. The Morgan fingerprint density at radius 2 is 1.92 bits per heavy atom. The highest BCUT2D eigenvalue weighted by Gasteiger charge is 2.13. The summed E-state index contributed by atoms with van der Waals surface area (Å²) in [5.41, 5.74) is 1.59. The summed E-state index contributed by atoms with van der Waals surface area (Å²) in [7, 11) is 0. The summed E-state index contributed by atoms with van der Waals surface area (Å²) >= 11 is 18.4. The van der Waals surface area contributed by atoms with Gasteiger partial charge < -0.3 is 9.47 Å². The Morgan fingerprint density at radius 1 is 1.15 bits per heavy atom. The number of nitrogens with zero attached hydrogens (tertiary/aromatic N) is 1. The number of allylic oxidation sites excluding steroid dienone is 1. The van der Waals surface area contributed by atoms with Gasteiger partial charge in [-0.3, -0.25) is 0 Å². The maximum absolute atomic E-state index is 9.53. The van der Waals surface area contributed by atoms with Crippen LogP contribution in [0, 0.1) is 23.7 Å². The number of rotatable bonds is 6. The lowest BCUT2D eigenvalue weighted by Gasteiger charge is -2.13. The topological polar surface area (TPSA) is 42.2 Å². The zero-order chi connectivity index (χ0) is 19.1. The summed E-state index contributed by atoms with van der Waals surface area (Å²) in [6.07, 6.45) is 6.89. The molecule has 0 aliphatic carbocycles. The Morgan fingerprint density at radius 3 is 2.54 bits per heavy atom. The van der Waals surface area contributed by atoms with Crippen LogP contribution in [0.4, 0.5) is 0 Å². The van der Waals surface area contributed by atoms with Gasteiger partial charge in [0.1, 0.15) is 6.61 Å². The molecule has 2 aromatic rings. The lowest BCUT2D eigenvalue weighted by atomic mass is 10.0. The van der Waals surface area contributed by atoms with Crippen molar-refractivity contribution in [2.24, 2.45) is 0 Å². The molecule has 132 valence electrons. The van der Waals surface area contributed by atoms with E-state index < -0.39 is 0 Å². The molecule has 2 aromatic carbocycles. The predicted molar refractivity (Wildman–Crippen MR) is 107 cm³/mol. The molecule has 0 aliphatic rings. The van der Waals surface area contributed by atoms with Crippen molar-refractivity contribution in [3.05, 3.63) is 56.5 Å². The minimum absolute atomic E-state index is 0.0683. The van der Waals surface area contributed by atoms with E-state index in [1.165, 1.54) is 0 Å². The van der Waals surface area contributed by atoms with E-state index >= 15 is 0 Å². The molecule has 0 aliphatic heterocycles. The molecule has 0 radical (unpaired) electrons. The number of benzene rings is 2. The van der Waals surface area contributed by atoms with Crippen LogP contribution >= 0.6 is 34.8 Å². The first-order valence-corrected chi connectivity index (χ1v) is 8.73. The number of terminal acetylenes is 1. The Labute approximate surface area is 167 Å². The minimum Gasteiger partial charge on any atom is -0.490 e. The van der Waals surface area contributed by atoms with Gasteiger partial charge in [0.05, 0.1) is 28.3 Å². The van der Waals surface area contributed by atoms with Crippen molar-refractivity contribution in [2.45, 2.75) is 6.92 Å². The Balaban J connectivity index is 2.51. The van der Waals surface area contributed by atoms with Gasteiger partial charge in [0.2, 0.25) is 0 Å². The van der Waals surface area contributed by atoms with Crippen LogP contribution in [0.3, 0.4) is 0 Å². The standard InChI is InChI=1S/C20H14Cl3NO2/c1-3-7-26-20-18(23)9-13(10-19(20)25-4-2)8-14(12-24)16-6-5-15(21)11-17(16)22/h1,5-6,8-11H,4,7H2,2H3/b14-8+. The maximum atomic E-state index is 9.53. The minimum atomic E-state index is 0.0683. The summed E-state index contributed by atoms with van der Waals surface area (Å²) in [6.45, 7) is 2.33. The smallest absolute Gasteiger partial charge is 0.181 e. The molecule has 0 fully saturated rings. The summed E-state index contributed by atoms with van der Waals surface area (Å²) < 4.78 is 11.0. The quantitative estimate of drug-likeness (QED) is 0.329. The van der Waals surface area contributed by atoms with Crippen LogP contribution in [0.5, 0.6) is 11.5 Å². The average Bonchev–Trinajstić information content (AvgIpc) is 2.60. The van der Waals surface area contributed by atoms with Crippen LogP contribution in [0.1, 0.15) is 18.1 Å². The van der Waals surface area contributed by atoms with Crippen LogP contribution in [-0.2, 0) is 0 Å². The van der Waals surface area contributed by atoms with Crippen molar-refractivity contribution < 1.29 is 9.47 Å². The van der Waals surface area contributed by atoms with Crippen LogP contribution in [-0.4, -0.2) is 13.2 Å². The number of hydrogen-bond donors (Lipinski definition) is 0. The van der Waals surface area contributed by atoms with E-state index in [1.807, 2.05) is 6.92 Å². The number of ether oxygens (including phenoxy) is 2. The van der Waals surface area contributed by atoms with Crippen molar-refractivity contribution >= 4 is 46.5 Å². The lowest BCUT2D eigenvalue weighted by molar-refractivity contribution is 0.299. The third-order valence-electron chi connectivity index (χ3n) is 3.28. The van der Waals surface area contributed by atoms with E-state index in [4.69, 9.17) is 50.7 Å².